The molecule has 104 valence electrons. The quantitative estimate of drug-likeness (QED) is 0.766. The molecule has 0 saturated heterocycles. The number of amides is 3. The molecule has 6 nitrogen and oxygen atoms in total. The van der Waals surface area contributed by atoms with Gasteiger partial charge in [-0.3, -0.25) is 10.1 Å². The van der Waals surface area contributed by atoms with Crippen molar-refractivity contribution >= 4 is 11.9 Å². The number of urea groups is 1. The first kappa shape index (κ1) is 14.8. The van der Waals surface area contributed by atoms with E-state index >= 15 is 0 Å². The number of aromatic hydroxyl groups is 1. The fourth-order valence-electron chi connectivity index (χ4n) is 1.47. The molecule has 3 N–H and O–H groups in total. The number of aryl methyl sites for hydroxylation is 1. The lowest BCUT2D eigenvalue weighted by molar-refractivity contribution is -0.126. The standard InChI is InChI=1S/C13H18N2O4/c1-4-14-13(18)15-12(17)9(3)19-11-6-8(2)5-10(16)7-11/h5-7,9,16H,4H2,1-3H3,(H2,14,15,17,18). The SMILES string of the molecule is CCNC(=O)NC(=O)C(C)Oc1cc(C)cc(O)c1. The first-order chi connectivity index (χ1) is 8.92. The maximum atomic E-state index is 11.6. The van der Waals surface area contributed by atoms with E-state index in [4.69, 9.17) is 4.74 Å². The lowest BCUT2D eigenvalue weighted by atomic mass is 10.2. The third-order valence-corrected chi connectivity index (χ3v) is 2.29. The van der Waals surface area contributed by atoms with Crippen LogP contribution in [-0.2, 0) is 4.79 Å². The van der Waals surface area contributed by atoms with Gasteiger partial charge in [0.2, 0.25) is 0 Å². The van der Waals surface area contributed by atoms with Crippen molar-refractivity contribution in [1.82, 2.24) is 10.6 Å². The summed E-state index contributed by atoms with van der Waals surface area (Å²) in [6.45, 7) is 5.50. The smallest absolute Gasteiger partial charge is 0.321 e. The number of rotatable bonds is 4. The van der Waals surface area contributed by atoms with Crippen molar-refractivity contribution in [3.8, 4) is 11.5 Å². The molecule has 3 amide bonds. The monoisotopic (exact) mass is 266 g/mol. The van der Waals surface area contributed by atoms with E-state index in [1.54, 1.807) is 26.0 Å². The zero-order valence-electron chi connectivity index (χ0n) is 11.2. The van der Waals surface area contributed by atoms with E-state index in [-0.39, 0.29) is 5.75 Å². The molecule has 0 aliphatic heterocycles. The number of hydrogen-bond acceptors (Lipinski definition) is 4. The molecule has 0 bridgehead atoms. The molecule has 0 saturated carbocycles. The molecule has 0 spiro atoms. The largest absolute Gasteiger partial charge is 0.508 e. The Balaban J connectivity index is 2.60. The Labute approximate surface area is 111 Å². The van der Waals surface area contributed by atoms with Crippen molar-refractivity contribution < 1.29 is 19.4 Å². The fourth-order valence-corrected chi connectivity index (χ4v) is 1.47. The highest BCUT2D eigenvalue weighted by molar-refractivity contribution is 5.96. The summed E-state index contributed by atoms with van der Waals surface area (Å²) in [5, 5.41) is 14.0. The van der Waals surface area contributed by atoms with Crippen molar-refractivity contribution in [3.05, 3.63) is 23.8 Å². The third kappa shape index (κ3) is 4.87. The van der Waals surface area contributed by atoms with Gasteiger partial charge in [0, 0.05) is 12.6 Å². The van der Waals surface area contributed by atoms with E-state index < -0.39 is 18.0 Å². The second kappa shape index (κ2) is 6.63. The van der Waals surface area contributed by atoms with Crippen LogP contribution in [0, 0.1) is 6.92 Å². The first-order valence-corrected chi connectivity index (χ1v) is 5.98. The van der Waals surface area contributed by atoms with Gasteiger partial charge in [0.25, 0.3) is 5.91 Å². The minimum Gasteiger partial charge on any atom is -0.508 e. The minimum absolute atomic E-state index is 0.0614. The van der Waals surface area contributed by atoms with Crippen molar-refractivity contribution in [1.29, 1.82) is 0 Å². The summed E-state index contributed by atoms with van der Waals surface area (Å²) in [4.78, 5) is 22.8. The van der Waals surface area contributed by atoms with Gasteiger partial charge < -0.3 is 15.2 Å². The molecule has 0 aliphatic carbocycles. The number of nitrogens with one attached hydrogen (secondary N) is 2. The van der Waals surface area contributed by atoms with Crippen molar-refractivity contribution in [2.24, 2.45) is 0 Å². The highest BCUT2D eigenvalue weighted by Gasteiger charge is 2.17. The lowest BCUT2D eigenvalue weighted by Crippen LogP contribution is -2.45. The number of hydrogen-bond donors (Lipinski definition) is 3. The van der Waals surface area contributed by atoms with E-state index in [0.717, 1.165) is 5.56 Å². The lowest BCUT2D eigenvalue weighted by Gasteiger charge is -2.14. The number of ether oxygens (including phenoxy) is 1. The van der Waals surface area contributed by atoms with E-state index in [1.807, 2.05) is 0 Å². The zero-order valence-corrected chi connectivity index (χ0v) is 11.2. The molecule has 0 aromatic heterocycles. The van der Waals surface area contributed by atoms with E-state index in [1.165, 1.54) is 13.0 Å². The van der Waals surface area contributed by atoms with Gasteiger partial charge in [-0.15, -0.1) is 0 Å². The highest BCUT2D eigenvalue weighted by atomic mass is 16.5. The predicted molar refractivity (Wildman–Crippen MR) is 70.1 cm³/mol. The molecule has 0 aliphatic rings. The van der Waals surface area contributed by atoms with Gasteiger partial charge in [-0.05, 0) is 38.5 Å². The van der Waals surface area contributed by atoms with Gasteiger partial charge in [-0.25, -0.2) is 4.79 Å². The Kier molecular flexibility index (Phi) is 5.17. The Morgan fingerprint density at radius 3 is 2.63 bits per heavy atom. The van der Waals surface area contributed by atoms with Crippen LogP contribution in [0.15, 0.2) is 18.2 Å². The second-order valence-electron chi connectivity index (χ2n) is 4.11. The summed E-state index contributed by atoms with van der Waals surface area (Å²) in [6, 6.07) is 4.11. The number of carbonyl (C=O) groups is 2. The van der Waals surface area contributed by atoms with Crippen LogP contribution in [0.3, 0.4) is 0 Å². The van der Waals surface area contributed by atoms with Gasteiger partial charge in [-0.1, -0.05) is 0 Å². The maximum Gasteiger partial charge on any atom is 0.321 e. The number of benzene rings is 1. The van der Waals surface area contributed by atoms with Crippen LogP contribution in [0.5, 0.6) is 11.5 Å². The number of imide groups is 1. The fraction of sp³-hybridized carbons (Fsp3) is 0.385. The van der Waals surface area contributed by atoms with Crippen molar-refractivity contribution in [2.45, 2.75) is 26.9 Å². The second-order valence-corrected chi connectivity index (χ2v) is 4.11. The molecule has 1 atom stereocenters. The van der Waals surface area contributed by atoms with Crippen molar-refractivity contribution in [2.75, 3.05) is 6.54 Å². The molecule has 1 aromatic rings. The summed E-state index contributed by atoms with van der Waals surface area (Å²) in [5.41, 5.74) is 0.811. The van der Waals surface area contributed by atoms with Gasteiger partial charge >= 0.3 is 6.03 Å². The number of phenolic OH excluding ortho intramolecular Hbond substituents is 1. The van der Waals surface area contributed by atoms with Gasteiger partial charge in [0.15, 0.2) is 6.10 Å². The Morgan fingerprint density at radius 1 is 1.37 bits per heavy atom. The highest BCUT2D eigenvalue weighted by Crippen LogP contribution is 2.22. The molecule has 19 heavy (non-hydrogen) atoms. The van der Waals surface area contributed by atoms with Crippen LogP contribution in [-0.4, -0.2) is 29.7 Å². The summed E-state index contributed by atoms with van der Waals surface area (Å²) in [7, 11) is 0. The molecule has 1 unspecified atom stereocenters. The van der Waals surface area contributed by atoms with Crippen molar-refractivity contribution in [3.63, 3.8) is 0 Å². The number of carbonyl (C=O) groups excluding carboxylic acids is 2. The Hall–Kier alpha value is -2.24. The van der Waals surface area contributed by atoms with E-state index in [0.29, 0.717) is 12.3 Å². The zero-order chi connectivity index (χ0) is 14.4. The summed E-state index contributed by atoms with van der Waals surface area (Å²) >= 11 is 0. The number of phenols is 1. The summed E-state index contributed by atoms with van der Waals surface area (Å²) in [6.07, 6.45) is -0.844. The van der Waals surface area contributed by atoms with Crippen LogP contribution in [0.4, 0.5) is 4.79 Å². The maximum absolute atomic E-state index is 11.6. The normalized spacial score (nSPS) is 11.5. The van der Waals surface area contributed by atoms with Crippen LogP contribution in [0.2, 0.25) is 0 Å². The van der Waals surface area contributed by atoms with Crippen LogP contribution >= 0.6 is 0 Å². The molecule has 1 rings (SSSR count). The average Bonchev–Trinajstić information content (AvgIpc) is 2.27. The minimum atomic E-state index is -0.844. The third-order valence-electron chi connectivity index (χ3n) is 2.29. The molecular weight excluding hydrogens is 248 g/mol. The summed E-state index contributed by atoms with van der Waals surface area (Å²) < 4.78 is 5.36. The summed E-state index contributed by atoms with van der Waals surface area (Å²) in [5.74, 6) is -0.116. The van der Waals surface area contributed by atoms with E-state index in [2.05, 4.69) is 10.6 Å². The topological polar surface area (TPSA) is 87.7 Å². The van der Waals surface area contributed by atoms with Crippen LogP contribution in [0.1, 0.15) is 19.4 Å². The van der Waals surface area contributed by atoms with Crippen LogP contribution in [0.25, 0.3) is 0 Å². The van der Waals surface area contributed by atoms with Gasteiger partial charge in [0.05, 0.1) is 0 Å². The molecule has 0 heterocycles. The Bertz CT molecular complexity index is 453. The first-order valence-electron chi connectivity index (χ1n) is 5.98. The van der Waals surface area contributed by atoms with Crippen LogP contribution < -0.4 is 15.4 Å². The van der Waals surface area contributed by atoms with Gasteiger partial charge in [0.1, 0.15) is 11.5 Å². The molecular formula is C13H18N2O4. The molecule has 0 fully saturated rings. The predicted octanol–water partition coefficient (Wildman–Crippen LogP) is 1.31. The van der Waals surface area contributed by atoms with E-state index in [9.17, 15) is 14.7 Å². The molecule has 6 heteroatoms. The van der Waals surface area contributed by atoms with Gasteiger partial charge in [-0.2, -0.15) is 0 Å². The molecule has 1 aromatic carbocycles. The Morgan fingerprint density at radius 2 is 2.05 bits per heavy atom. The average molecular weight is 266 g/mol. The molecule has 0 radical (unpaired) electrons.